The molecule has 0 aromatic heterocycles. The molecule has 0 saturated carbocycles. The molecule has 0 atom stereocenters. The van der Waals surface area contributed by atoms with Gasteiger partial charge in [-0.05, 0) is 55.0 Å². The molecule has 2 aromatic carbocycles. The number of anilines is 2. The SMILES string of the molecule is CCOc1cc(/C=C2\SC(=S)N(c3ccc(NC(C)=O)cc3)C2=O)ccc1O. The van der Waals surface area contributed by atoms with E-state index in [0.29, 0.717) is 33.0 Å². The largest absolute Gasteiger partial charge is 0.504 e. The van der Waals surface area contributed by atoms with Gasteiger partial charge in [0, 0.05) is 12.6 Å². The molecule has 1 saturated heterocycles. The number of hydrogen-bond donors (Lipinski definition) is 2. The van der Waals surface area contributed by atoms with Crippen molar-refractivity contribution in [3.05, 3.63) is 52.9 Å². The fourth-order valence-electron chi connectivity index (χ4n) is 2.63. The molecule has 0 aliphatic carbocycles. The number of nitrogens with zero attached hydrogens (tertiary/aromatic N) is 1. The maximum absolute atomic E-state index is 12.9. The number of phenolic OH excluding ortho intramolecular Hbond substituents is 1. The van der Waals surface area contributed by atoms with E-state index in [1.807, 2.05) is 6.92 Å². The maximum Gasteiger partial charge on any atom is 0.270 e. The molecule has 2 aromatic rings. The molecule has 6 nitrogen and oxygen atoms in total. The first-order valence-corrected chi connectivity index (χ1v) is 9.73. The number of thioether (sulfide) groups is 1. The number of amides is 2. The molecule has 1 aliphatic heterocycles. The van der Waals surface area contributed by atoms with Gasteiger partial charge in [0.25, 0.3) is 5.91 Å². The third-order valence-electron chi connectivity index (χ3n) is 3.82. The van der Waals surface area contributed by atoms with E-state index in [-0.39, 0.29) is 17.6 Å². The molecule has 0 spiro atoms. The van der Waals surface area contributed by atoms with Gasteiger partial charge in [-0.1, -0.05) is 30.0 Å². The van der Waals surface area contributed by atoms with Gasteiger partial charge in [-0.3, -0.25) is 14.5 Å². The second kappa shape index (κ2) is 8.45. The number of carbonyl (C=O) groups is 2. The predicted molar refractivity (Wildman–Crippen MR) is 116 cm³/mol. The van der Waals surface area contributed by atoms with Crippen LogP contribution in [0.2, 0.25) is 0 Å². The number of phenols is 1. The fourth-order valence-corrected chi connectivity index (χ4v) is 3.93. The van der Waals surface area contributed by atoms with E-state index in [9.17, 15) is 14.7 Å². The van der Waals surface area contributed by atoms with E-state index >= 15 is 0 Å². The summed E-state index contributed by atoms with van der Waals surface area (Å²) < 4.78 is 5.81. The van der Waals surface area contributed by atoms with Crippen LogP contribution in [0.3, 0.4) is 0 Å². The summed E-state index contributed by atoms with van der Waals surface area (Å²) >= 11 is 6.58. The van der Waals surface area contributed by atoms with Crippen LogP contribution < -0.4 is 15.0 Å². The average molecular weight is 415 g/mol. The predicted octanol–water partition coefficient (Wildman–Crippen LogP) is 4.16. The number of carbonyl (C=O) groups excluding carboxylic acids is 2. The van der Waals surface area contributed by atoms with Crippen molar-refractivity contribution in [1.29, 1.82) is 0 Å². The third-order valence-corrected chi connectivity index (χ3v) is 5.12. The lowest BCUT2D eigenvalue weighted by Crippen LogP contribution is -2.27. The number of thiocarbonyl (C=S) groups is 1. The summed E-state index contributed by atoms with van der Waals surface area (Å²) in [5, 5.41) is 12.5. The van der Waals surface area contributed by atoms with Crippen molar-refractivity contribution in [2.75, 3.05) is 16.8 Å². The van der Waals surface area contributed by atoms with Gasteiger partial charge in [0.2, 0.25) is 5.91 Å². The molecule has 0 unspecified atom stereocenters. The minimum atomic E-state index is -0.228. The molecule has 8 heteroatoms. The first-order chi connectivity index (χ1) is 13.4. The third kappa shape index (κ3) is 4.35. The Bertz CT molecular complexity index is 971. The Hall–Kier alpha value is -2.84. The van der Waals surface area contributed by atoms with E-state index in [2.05, 4.69) is 5.32 Å². The van der Waals surface area contributed by atoms with Gasteiger partial charge in [0.05, 0.1) is 17.2 Å². The summed E-state index contributed by atoms with van der Waals surface area (Å²) in [6.07, 6.45) is 1.72. The van der Waals surface area contributed by atoms with Gasteiger partial charge in [0.15, 0.2) is 15.8 Å². The Kier molecular flexibility index (Phi) is 6.01. The van der Waals surface area contributed by atoms with Gasteiger partial charge >= 0.3 is 0 Å². The Balaban J connectivity index is 1.84. The van der Waals surface area contributed by atoms with E-state index in [4.69, 9.17) is 17.0 Å². The Morgan fingerprint density at radius 3 is 2.64 bits per heavy atom. The minimum Gasteiger partial charge on any atom is -0.504 e. The van der Waals surface area contributed by atoms with Crippen LogP contribution in [0.1, 0.15) is 19.4 Å². The molecule has 144 valence electrons. The van der Waals surface area contributed by atoms with Crippen molar-refractivity contribution in [3.63, 3.8) is 0 Å². The van der Waals surface area contributed by atoms with E-state index in [1.165, 1.54) is 29.7 Å². The molecular formula is C20H18N2O4S2. The van der Waals surface area contributed by atoms with Crippen molar-refractivity contribution < 1.29 is 19.4 Å². The van der Waals surface area contributed by atoms with Crippen LogP contribution in [0.15, 0.2) is 47.4 Å². The lowest BCUT2D eigenvalue weighted by molar-refractivity contribution is -0.114. The topological polar surface area (TPSA) is 78.9 Å². The van der Waals surface area contributed by atoms with Gasteiger partial charge in [-0.15, -0.1) is 0 Å². The Labute approximate surface area is 172 Å². The second-order valence-corrected chi connectivity index (χ2v) is 7.58. The number of nitrogens with one attached hydrogen (secondary N) is 1. The molecule has 2 N–H and O–H groups in total. The minimum absolute atomic E-state index is 0.0470. The molecule has 3 rings (SSSR count). The van der Waals surface area contributed by atoms with E-state index in [0.717, 1.165) is 5.56 Å². The zero-order valence-corrected chi connectivity index (χ0v) is 16.9. The first kappa shape index (κ1) is 19.9. The quantitative estimate of drug-likeness (QED) is 0.565. The first-order valence-electron chi connectivity index (χ1n) is 8.50. The fraction of sp³-hybridized carbons (Fsp3) is 0.150. The van der Waals surface area contributed by atoms with Crippen LogP contribution >= 0.6 is 24.0 Å². The molecular weight excluding hydrogens is 396 g/mol. The van der Waals surface area contributed by atoms with Crippen molar-refractivity contribution in [1.82, 2.24) is 0 Å². The molecule has 0 bridgehead atoms. The van der Waals surface area contributed by atoms with Crippen LogP contribution in [0.25, 0.3) is 6.08 Å². The highest BCUT2D eigenvalue weighted by Gasteiger charge is 2.33. The zero-order chi connectivity index (χ0) is 20.3. The number of benzene rings is 2. The standard InChI is InChI=1S/C20H18N2O4S2/c1-3-26-17-10-13(4-9-16(17)24)11-18-19(25)22(20(27)28-18)15-7-5-14(6-8-15)21-12(2)23/h4-11,24H,3H2,1-2H3,(H,21,23)/b18-11-. The van der Waals surface area contributed by atoms with Crippen LogP contribution in [-0.2, 0) is 9.59 Å². The van der Waals surface area contributed by atoms with Crippen molar-refractivity contribution >= 4 is 57.6 Å². The lowest BCUT2D eigenvalue weighted by Gasteiger charge is -2.15. The van der Waals surface area contributed by atoms with Gasteiger partial charge in [-0.25, -0.2) is 0 Å². The monoisotopic (exact) mass is 414 g/mol. The Morgan fingerprint density at radius 1 is 1.29 bits per heavy atom. The second-order valence-electron chi connectivity index (χ2n) is 5.91. The summed E-state index contributed by atoms with van der Waals surface area (Å²) in [6.45, 7) is 3.68. The number of rotatable bonds is 5. The molecule has 1 heterocycles. The smallest absolute Gasteiger partial charge is 0.270 e. The Morgan fingerprint density at radius 2 is 2.00 bits per heavy atom. The maximum atomic E-state index is 12.9. The van der Waals surface area contributed by atoms with Crippen LogP contribution in [0, 0.1) is 0 Å². The normalized spacial score (nSPS) is 15.2. The van der Waals surface area contributed by atoms with E-state index < -0.39 is 0 Å². The van der Waals surface area contributed by atoms with Crippen molar-refractivity contribution in [2.45, 2.75) is 13.8 Å². The molecule has 0 radical (unpaired) electrons. The van der Waals surface area contributed by atoms with Gasteiger partial charge < -0.3 is 15.2 Å². The molecule has 1 aliphatic rings. The number of ether oxygens (including phenoxy) is 1. The van der Waals surface area contributed by atoms with Gasteiger partial charge in [-0.2, -0.15) is 0 Å². The summed E-state index contributed by atoms with van der Waals surface area (Å²) in [5.41, 5.74) is 1.99. The zero-order valence-electron chi connectivity index (χ0n) is 15.3. The lowest BCUT2D eigenvalue weighted by atomic mass is 10.2. The summed E-state index contributed by atoms with van der Waals surface area (Å²) in [7, 11) is 0. The van der Waals surface area contributed by atoms with Crippen molar-refractivity contribution in [2.24, 2.45) is 0 Å². The highest BCUT2D eigenvalue weighted by molar-refractivity contribution is 8.27. The summed E-state index contributed by atoms with van der Waals surface area (Å²) in [4.78, 5) is 25.9. The van der Waals surface area contributed by atoms with Gasteiger partial charge in [0.1, 0.15) is 0 Å². The average Bonchev–Trinajstić information content (AvgIpc) is 2.92. The highest BCUT2D eigenvalue weighted by atomic mass is 32.2. The summed E-state index contributed by atoms with van der Waals surface area (Å²) in [5.74, 6) is 0.0148. The van der Waals surface area contributed by atoms with E-state index in [1.54, 1.807) is 42.5 Å². The number of aromatic hydroxyl groups is 1. The molecule has 1 fully saturated rings. The molecule has 2 amide bonds. The number of hydrogen-bond acceptors (Lipinski definition) is 6. The summed E-state index contributed by atoms with van der Waals surface area (Å²) in [6, 6.07) is 11.8. The molecule has 28 heavy (non-hydrogen) atoms. The van der Waals surface area contributed by atoms with Crippen LogP contribution in [0.4, 0.5) is 11.4 Å². The highest BCUT2D eigenvalue weighted by Crippen LogP contribution is 2.37. The van der Waals surface area contributed by atoms with Crippen molar-refractivity contribution in [3.8, 4) is 11.5 Å². The van der Waals surface area contributed by atoms with Crippen LogP contribution in [-0.4, -0.2) is 27.8 Å². The van der Waals surface area contributed by atoms with Crippen LogP contribution in [0.5, 0.6) is 11.5 Å².